The number of carbonyl (C=O) groups is 4. The second-order valence-electron chi connectivity index (χ2n) is 8.90. The molecule has 4 rings (SSSR count). The van der Waals surface area contributed by atoms with Crippen LogP contribution in [0.5, 0.6) is 0 Å². The zero-order valence-corrected chi connectivity index (χ0v) is 22.2. The Bertz CT molecular complexity index is 1180. The minimum absolute atomic E-state index is 0.161. The molecular formula is C25H29N5O4S2. The lowest BCUT2D eigenvalue weighted by atomic mass is 10.0. The molecule has 0 amide bonds. The average molecular weight is 528 g/mol. The van der Waals surface area contributed by atoms with Gasteiger partial charge in [-0.1, -0.05) is 0 Å². The van der Waals surface area contributed by atoms with Crippen LogP contribution < -0.4 is 10.6 Å². The number of nitrogens with zero attached hydrogens (tertiary/aromatic N) is 3. The molecule has 0 aliphatic heterocycles. The summed E-state index contributed by atoms with van der Waals surface area (Å²) in [5.41, 5.74) is 1.18. The Morgan fingerprint density at radius 2 is 1.14 bits per heavy atom. The summed E-state index contributed by atoms with van der Waals surface area (Å²) in [6, 6.07) is 0. The Morgan fingerprint density at radius 1 is 0.722 bits per heavy atom. The van der Waals surface area contributed by atoms with Crippen molar-refractivity contribution in [1.29, 1.82) is 0 Å². The van der Waals surface area contributed by atoms with Gasteiger partial charge in [-0.15, -0.1) is 22.7 Å². The molecule has 2 aromatic heterocycles. The van der Waals surface area contributed by atoms with Crippen LogP contribution in [0.15, 0.2) is 23.5 Å². The number of hydrogen-bond donors (Lipinski definition) is 2. The van der Waals surface area contributed by atoms with Gasteiger partial charge in [-0.25, -0.2) is 9.97 Å². The van der Waals surface area contributed by atoms with E-state index in [0.717, 1.165) is 38.8 Å². The Labute approximate surface area is 217 Å². The van der Waals surface area contributed by atoms with E-state index in [1.807, 2.05) is 0 Å². The molecule has 0 bridgehead atoms. The maximum Gasteiger partial charge on any atom is 0.228 e. The van der Waals surface area contributed by atoms with Crippen molar-refractivity contribution in [2.45, 2.75) is 39.5 Å². The predicted molar refractivity (Wildman–Crippen MR) is 139 cm³/mol. The summed E-state index contributed by atoms with van der Waals surface area (Å²) in [6.07, 6.45) is 6.42. The summed E-state index contributed by atoms with van der Waals surface area (Å²) < 4.78 is 0. The number of aryl methyl sites for hydroxylation is 2. The molecule has 9 nitrogen and oxygen atoms in total. The minimum atomic E-state index is -0.211. The molecule has 2 aromatic rings. The first-order valence-corrected chi connectivity index (χ1v) is 13.6. The molecular weight excluding hydrogens is 498 g/mol. The van der Waals surface area contributed by atoms with Crippen LogP contribution >= 0.6 is 22.7 Å². The van der Waals surface area contributed by atoms with E-state index in [1.54, 1.807) is 13.8 Å². The summed E-state index contributed by atoms with van der Waals surface area (Å²) in [6.45, 7) is 6.64. The molecule has 0 aromatic carbocycles. The van der Waals surface area contributed by atoms with E-state index in [9.17, 15) is 19.2 Å². The lowest BCUT2D eigenvalue weighted by Crippen LogP contribution is -2.28. The highest BCUT2D eigenvalue weighted by molar-refractivity contribution is 7.14. The smallest absolute Gasteiger partial charge is 0.228 e. The predicted octanol–water partition coefficient (Wildman–Crippen LogP) is 3.11. The van der Waals surface area contributed by atoms with Crippen LogP contribution in [0.25, 0.3) is 0 Å². The van der Waals surface area contributed by atoms with Gasteiger partial charge in [0.1, 0.15) is 21.1 Å². The van der Waals surface area contributed by atoms with Gasteiger partial charge >= 0.3 is 0 Å². The number of ketones is 4. The standard InChI is InChI=1S/C25H29N5O4S2/c1-14-28-20-22(33)16(12-18(31)24(20)35-14)26-8-4-6-10-30(3)11-7-5-9-27-17-13-19(32)25-21(23(17)34)29-15(2)36-25/h12-13,26-27H,4-11H2,1-3H3. The second-order valence-corrected chi connectivity index (χ2v) is 11.3. The van der Waals surface area contributed by atoms with Gasteiger partial charge in [-0.05, 0) is 59.7 Å². The zero-order valence-electron chi connectivity index (χ0n) is 20.6. The first-order chi connectivity index (χ1) is 17.2. The summed E-state index contributed by atoms with van der Waals surface area (Å²) >= 11 is 2.52. The van der Waals surface area contributed by atoms with Crippen molar-refractivity contribution in [2.75, 3.05) is 33.2 Å². The van der Waals surface area contributed by atoms with Crippen molar-refractivity contribution >= 4 is 45.8 Å². The largest absolute Gasteiger partial charge is 0.382 e. The fraction of sp³-hybridized carbons (Fsp3) is 0.440. The maximum atomic E-state index is 12.5. The number of hydrogen-bond acceptors (Lipinski definition) is 11. The van der Waals surface area contributed by atoms with Gasteiger partial charge in [0, 0.05) is 25.2 Å². The highest BCUT2D eigenvalue weighted by Crippen LogP contribution is 2.26. The van der Waals surface area contributed by atoms with E-state index in [1.165, 1.54) is 34.8 Å². The summed E-state index contributed by atoms with van der Waals surface area (Å²) in [5.74, 6) is -0.745. The van der Waals surface area contributed by atoms with Crippen LogP contribution in [0.3, 0.4) is 0 Å². The van der Waals surface area contributed by atoms with Crippen molar-refractivity contribution in [2.24, 2.45) is 0 Å². The quantitative estimate of drug-likeness (QED) is 0.401. The van der Waals surface area contributed by atoms with Crippen LogP contribution in [0.4, 0.5) is 0 Å². The third-order valence-corrected chi connectivity index (χ3v) is 7.92. The molecule has 2 N–H and O–H groups in total. The zero-order chi connectivity index (χ0) is 25.8. The molecule has 0 radical (unpaired) electrons. The molecule has 190 valence electrons. The summed E-state index contributed by atoms with van der Waals surface area (Å²) in [4.78, 5) is 61.0. The fourth-order valence-corrected chi connectivity index (χ4v) is 5.76. The van der Waals surface area contributed by atoms with Crippen molar-refractivity contribution in [3.63, 3.8) is 0 Å². The first kappa shape index (κ1) is 26.1. The molecule has 0 atom stereocenters. The highest BCUT2D eigenvalue weighted by atomic mass is 32.1. The van der Waals surface area contributed by atoms with Crippen LogP contribution in [-0.4, -0.2) is 71.2 Å². The Hall–Kier alpha value is -3.02. The summed E-state index contributed by atoms with van der Waals surface area (Å²) in [7, 11) is 2.07. The number of rotatable bonds is 12. The lowest BCUT2D eigenvalue weighted by Gasteiger charge is -2.18. The molecule has 2 aliphatic carbocycles. The number of Topliss-reactive ketones (excluding diaryl/α,β-unsaturated/α-hetero) is 2. The normalized spacial score (nSPS) is 15.1. The second kappa shape index (κ2) is 11.4. The number of nitrogens with one attached hydrogen (secondary N) is 2. The minimum Gasteiger partial charge on any atom is -0.382 e. The first-order valence-electron chi connectivity index (χ1n) is 12.0. The number of fused-ring (bicyclic) bond motifs is 2. The molecule has 0 spiro atoms. The number of aromatic nitrogens is 2. The van der Waals surface area contributed by atoms with E-state index in [2.05, 4.69) is 32.5 Å². The molecule has 0 saturated heterocycles. The van der Waals surface area contributed by atoms with Crippen LogP contribution in [0, 0.1) is 13.8 Å². The van der Waals surface area contributed by atoms with Crippen LogP contribution in [0.1, 0.15) is 76.0 Å². The fourth-order valence-electron chi connectivity index (χ4n) is 4.11. The highest BCUT2D eigenvalue weighted by Gasteiger charge is 2.30. The molecule has 36 heavy (non-hydrogen) atoms. The van der Waals surface area contributed by atoms with Gasteiger partial charge in [-0.2, -0.15) is 0 Å². The average Bonchev–Trinajstić information content (AvgIpc) is 3.43. The van der Waals surface area contributed by atoms with Gasteiger partial charge in [0.25, 0.3) is 0 Å². The van der Waals surface area contributed by atoms with Gasteiger partial charge in [0.2, 0.25) is 11.6 Å². The van der Waals surface area contributed by atoms with E-state index in [-0.39, 0.29) is 34.5 Å². The van der Waals surface area contributed by atoms with Crippen molar-refractivity contribution in [1.82, 2.24) is 25.5 Å². The lowest BCUT2D eigenvalue weighted by molar-refractivity contribution is 0.0977. The van der Waals surface area contributed by atoms with Crippen LogP contribution in [-0.2, 0) is 0 Å². The number of carbonyl (C=O) groups excluding carboxylic acids is 4. The SMILES string of the molecule is Cc1nc2c(s1)C(=O)C=C(NCCCCN(C)CCCCNC1=CC(=O)c3sc(C)nc3C1=O)C2=O. The molecule has 2 aliphatic rings. The summed E-state index contributed by atoms with van der Waals surface area (Å²) in [5, 5.41) is 7.63. The van der Waals surface area contributed by atoms with Gasteiger partial charge in [0.05, 0.1) is 21.4 Å². The molecule has 0 unspecified atom stereocenters. The van der Waals surface area contributed by atoms with Gasteiger partial charge in [0.15, 0.2) is 11.6 Å². The molecule has 2 heterocycles. The van der Waals surface area contributed by atoms with Gasteiger partial charge in [-0.3, -0.25) is 19.2 Å². The molecule has 0 fully saturated rings. The van der Waals surface area contributed by atoms with Crippen LogP contribution in [0.2, 0.25) is 0 Å². The molecule has 11 heteroatoms. The Morgan fingerprint density at radius 3 is 1.56 bits per heavy atom. The van der Waals surface area contributed by atoms with E-state index in [0.29, 0.717) is 44.3 Å². The van der Waals surface area contributed by atoms with E-state index in [4.69, 9.17) is 0 Å². The maximum absolute atomic E-state index is 12.5. The van der Waals surface area contributed by atoms with Crippen molar-refractivity contribution < 1.29 is 19.2 Å². The number of thiazole rings is 2. The third-order valence-electron chi connectivity index (χ3n) is 5.95. The van der Waals surface area contributed by atoms with E-state index >= 15 is 0 Å². The third kappa shape index (κ3) is 5.85. The van der Waals surface area contributed by atoms with E-state index < -0.39 is 0 Å². The monoisotopic (exact) mass is 527 g/mol. The Kier molecular flexibility index (Phi) is 8.22. The molecule has 0 saturated carbocycles. The number of unbranched alkanes of at least 4 members (excludes halogenated alkanes) is 2. The van der Waals surface area contributed by atoms with Crippen molar-refractivity contribution in [3.05, 3.63) is 54.7 Å². The Balaban J connectivity index is 1.08. The van der Waals surface area contributed by atoms with Gasteiger partial charge < -0.3 is 15.5 Å². The number of allylic oxidation sites excluding steroid dienone is 4. The van der Waals surface area contributed by atoms with Crippen molar-refractivity contribution in [3.8, 4) is 0 Å². The topological polar surface area (TPSA) is 121 Å².